The third-order valence-electron chi connectivity index (χ3n) is 0.652. The second-order valence-corrected chi connectivity index (χ2v) is 2.79. The standard InChI is InChI=1S/C6H8ClFS/c1-3-6(7)4-9-5(2)8/h4H,2-3H2,1H3/b6-4+. The second-order valence-electron chi connectivity index (χ2n) is 1.39. The Morgan fingerprint density at radius 3 is 2.78 bits per heavy atom. The summed E-state index contributed by atoms with van der Waals surface area (Å²) in [5, 5.41) is 1.77. The number of rotatable bonds is 3. The zero-order chi connectivity index (χ0) is 7.28. The monoisotopic (exact) mass is 166 g/mol. The molecule has 0 rings (SSSR count). The summed E-state index contributed by atoms with van der Waals surface area (Å²) < 4.78 is 11.9. The highest BCUT2D eigenvalue weighted by Gasteiger charge is 1.88. The number of halogens is 2. The molecule has 0 aliphatic rings. The van der Waals surface area contributed by atoms with Crippen LogP contribution in [-0.2, 0) is 0 Å². The van der Waals surface area contributed by atoms with Crippen LogP contribution in [0.4, 0.5) is 4.39 Å². The quantitative estimate of drug-likeness (QED) is 0.617. The lowest BCUT2D eigenvalue weighted by Gasteiger charge is -1.88. The predicted molar refractivity (Wildman–Crippen MR) is 42.1 cm³/mol. The van der Waals surface area contributed by atoms with Gasteiger partial charge in [0, 0.05) is 5.03 Å². The van der Waals surface area contributed by atoms with E-state index in [-0.39, 0.29) is 0 Å². The van der Waals surface area contributed by atoms with Gasteiger partial charge in [0.1, 0.15) is 0 Å². The minimum absolute atomic E-state index is 0.429. The van der Waals surface area contributed by atoms with E-state index in [1.165, 1.54) is 0 Å². The van der Waals surface area contributed by atoms with E-state index in [1.54, 1.807) is 5.41 Å². The van der Waals surface area contributed by atoms with Crippen molar-refractivity contribution in [3.63, 3.8) is 0 Å². The predicted octanol–water partition coefficient (Wildman–Crippen LogP) is 3.65. The normalized spacial score (nSPS) is 11.7. The van der Waals surface area contributed by atoms with E-state index in [9.17, 15) is 4.39 Å². The van der Waals surface area contributed by atoms with Gasteiger partial charge in [-0.15, -0.1) is 0 Å². The molecule has 0 aliphatic heterocycles. The lowest BCUT2D eigenvalue weighted by Crippen LogP contribution is -1.62. The third kappa shape index (κ3) is 5.93. The molecule has 0 nitrogen and oxygen atoms in total. The molecule has 0 amide bonds. The SMILES string of the molecule is C=C(F)S/C=C(/Cl)CC. The van der Waals surface area contributed by atoms with E-state index in [0.717, 1.165) is 18.2 Å². The molecular weight excluding hydrogens is 159 g/mol. The molecule has 52 valence electrons. The average Bonchev–Trinajstić information content (AvgIpc) is 1.83. The van der Waals surface area contributed by atoms with E-state index in [0.29, 0.717) is 5.03 Å². The Morgan fingerprint density at radius 1 is 1.89 bits per heavy atom. The van der Waals surface area contributed by atoms with Crippen molar-refractivity contribution >= 4 is 23.4 Å². The Hall–Kier alpha value is 0.0500. The minimum Gasteiger partial charge on any atom is -0.200 e. The molecule has 0 spiro atoms. The van der Waals surface area contributed by atoms with Crippen LogP contribution in [0.1, 0.15) is 13.3 Å². The molecule has 0 unspecified atom stereocenters. The third-order valence-corrected chi connectivity index (χ3v) is 1.82. The van der Waals surface area contributed by atoms with E-state index >= 15 is 0 Å². The van der Waals surface area contributed by atoms with Crippen molar-refractivity contribution in [1.29, 1.82) is 0 Å². The lowest BCUT2D eigenvalue weighted by atomic mass is 10.5. The van der Waals surface area contributed by atoms with Crippen molar-refractivity contribution in [2.45, 2.75) is 13.3 Å². The fraction of sp³-hybridized carbons (Fsp3) is 0.333. The van der Waals surface area contributed by atoms with Gasteiger partial charge in [-0.2, -0.15) is 4.39 Å². The van der Waals surface area contributed by atoms with E-state index in [1.807, 2.05) is 6.92 Å². The first-order valence-electron chi connectivity index (χ1n) is 2.52. The molecule has 0 aromatic rings. The molecule has 0 atom stereocenters. The van der Waals surface area contributed by atoms with Crippen LogP contribution in [-0.4, -0.2) is 0 Å². The maximum Gasteiger partial charge on any atom is 0.153 e. The molecule has 0 radical (unpaired) electrons. The van der Waals surface area contributed by atoms with E-state index in [2.05, 4.69) is 6.58 Å². The van der Waals surface area contributed by atoms with Crippen LogP contribution in [0.15, 0.2) is 22.2 Å². The van der Waals surface area contributed by atoms with Gasteiger partial charge in [0.15, 0.2) is 5.16 Å². The van der Waals surface area contributed by atoms with Gasteiger partial charge in [-0.05, 0) is 11.8 Å². The van der Waals surface area contributed by atoms with Gasteiger partial charge >= 0.3 is 0 Å². The first-order valence-corrected chi connectivity index (χ1v) is 3.78. The Kier molecular flexibility index (Phi) is 4.91. The maximum absolute atomic E-state index is 11.9. The van der Waals surface area contributed by atoms with Crippen LogP contribution in [0.25, 0.3) is 0 Å². The molecule has 0 saturated carbocycles. The van der Waals surface area contributed by atoms with Gasteiger partial charge in [0.05, 0.1) is 0 Å². The number of hydrogen-bond acceptors (Lipinski definition) is 1. The molecule has 0 aromatic carbocycles. The molecule has 0 aromatic heterocycles. The Balaban J connectivity index is 3.56. The van der Waals surface area contributed by atoms with Crippen molar-refractivity contribution in [1.82, 2.24) is 0 Å². The molecular formula is C6H8ClFS. The zero-order valence-corrected chi connectivity index (χ0v) is 6.73. The first-order chi connectivity index (χ1) is 4.16. The van der Waals surface area contributed by atoms with Crippen molar-refractivity contribution in [3.05, 3.63) is 22.2 Å². The molecule has 0 bridgehead atoms. The fourth-order valence-electron chi connectivity index (χ4n) is 0.211. The summed E-state index contributed by atoms with van der Waals surface area (Å²) in [6.45, 7) is 4.96. The first kappa shape index (κ1) is 9.05. The van der Waals surface area contributed by atoms with Crippen LogP contribution in [0.2, 0.25) is 0 Å². The van der Waals surface area contributed by atoms with E-state index < -0.39 is 5.16 Å². The zero-order valence-electron chi connectivity index (χ0n) is 5.16. The molecule has 3 heteroatoms. The van der Waals surface area contributed by atoms with Crippen molar-refractivity contribution < 1.29 is 4.39 Å². The molecule has 0 fully saturated rings. The Labute approximate surface area is 63.8 Å². The number of hydrogen-bond donors (Lipinski definition) is 0. The number of thioether (sulfide) groups is 1. The largest absolute Gasteiger partial charge is 0.200 e. The van der Waals surface area contributed by atoms with Crippen molar-refractivity contribution in [3.8, 4) is 0 Å². The Bertz CT molecular complexity index is 131. The second kappa shape index (κ2) is 4.89. The highest BCUT2D eigenvalue weighted by molar-refractivity contribution is 8.05. The summed E-state index contributed by atoms with van der Waals surface area (Å²) in [7, 11) is 0. The van der Waals surface area contributed by atoms with Gasteiger partial charge < -0.3 is 0 Å². The fourth-order valence-corrected chi connectivity index (χ4v) is 0.767. The van der Waals surface area contributed by atoms with Crippen molar-refractivity contribution in [2.24, 2.45) is 0 Å². The van der Waals surface area contributed by atoms with Crippen LogP contribution >= 0.6 is 23.4 Å². The van der Waals surface area contributed by atoms with Gasteiger partial charge in [0.25, 0.3) is 0 Å². The summed E-state index contributed by atoms with van der Waals surface area (Å²) in [5.74, 6) is 0. The molecule has 0 heterocycles. The van der Waals surface area contributed by atoms with Gasteiger partial charge in [0.2, 0.25) is 0 Å². The number of allylic oxidation sites excluding steroid dienone is 1. The van der Waals surface area contributed by atoms with Crippen LogP contribution < -0.4 is 0 Å². The van der Waals surface area contributed by atoms with E-state index in [4.69, 9.17) is 11.6 Å². The summed E-state index contributed by atoms with van der Waals surface area (Å²) in [6, 6.07) is 0. The van der Waals surface area contributed by atoms with Crippen LogP contribution in [0.5, 0.6) is 0 Å². The van der Waals surface area contributed by atoms with Gasteiger partial charge in [-0.3, -0.25) is 0 Å². The molecule has 9 heavy (non-hydrogen) atoms. The molecule has 0 saturated heterocycles. The smallest absolute Gasteiger partial charge is 0.153 e. The Morgan fingerprint density at radius 2 is 2.44 bits per heavy atom. The van der Waals surface area contributed by atoms with Crippen molar-refractivity contribution in [2.75, 3.05) is 0 Å². The van der Waals surface area contributed by atoms with Crippen LogP contribution in [0.3, 0.4) is 0 Å². The minimum atomic E-state index is -0.429. The lowest BCUT2D eigenvalue weighted by molar-refractivity contribution is 0.705. The summed E-state index contributed by atoms with van der Waals surface area (Å²) in [6.07, 6.45) is 0.738. The molecule has 0 N–H and O–H groups in total. The van der Waals surface area contributed by atoms with Crippen LogP contribution in [0, 0.1) is 0 Å². The summed E-state index contributed by atoms with van der Waals surface area (Å²) >= 11 is 6.45. The topological polar surface area (TPSA) is 0 Å². The summed E-state index contributed by atoms with van der Waals surface area (Å²) in [4.78, 5) is 0. The average molecular weight is 167 g/mol. The maximum atomic E-state index is 11.9. The van der Waals surface area contributed by atoms with Gasteiger partial charge in [-0.1, -0.05) is 36.9 Å². The van der Waals surface area contributed by atoms with Gasteiger partial charge in [-0.25, -0.2) is 0 Å². The highest BCUT2D eigenvalue weighted by Crippen LogP contribution is 2.20. The summed E-state index contributed by atoms with van der Waals surface area (Å²) in [5.41, 5.74) is 0. The highest BCUT2D eigenvalue weighted by atomic mass is 35.5. The molecule has 0 aliphatic carbocycles.